The third-order valence-electron chi connectivity index (χ3n) is 3.19. The lowest BCUT2D eigenvalue weighted by Gasteiger charge is -2.22. The number of amides is 1. The van der Waals surface area contributed by atoms with Crippen LogP contribution in [0.3, 0.4) is 0 Å². The molecule has 6 heteroatoms. The molecule has 0 bridgehead atoms. The number of rotatable bonds is 4. The summed E-state index contributed by atoms with van der Waals surface area (Å²) in [6.45, 7) is 3.72. The van der Waals surface area contributed by atoms with Gasteiger partial charge in [0.2, 0.25) is 0 Å². The molecule has 108 valence electrons. The van der Waals surface area contributed by atoms with Crippen LogP contribution in [0.2, 0.25) is 0 Å². The maximum atomic E-state index is 11.4. The zero-order chi connectivity index (χ0) is 14.7. The van der Waals surface area contributed by atoms with E-state index in [-0.39, 0.29) is 24.5 Å². The topological polar surface area (TPSA) is 76.7 Å². The van der Waals surface area contributed by atoms with Crippen molar-refractivity contribution in [1.29, 1.82) is 0 Å². The third-order valence-corrected chi connectivity index (χ3v) is 3.19. The summed E-state index contributed by atoms with van der Waals surface area (Å²) in [5, 5.41) is 5.90. The van der Waals surface area contributed by atoms with Gasteiger partial charge in [0.05, 0.1) is 12.8 Å². The predicted octanol–water partition coefficient (Wildman–Crippen LogP) is 1.23. The molecular formula is C14H18N2O4. The van der Waals surface area contributed by atoms with Crippen LogP contribution in [0.25, 0.3) is 0 Å². The monoisotopic (exact) mass is 278 g/mol. The number of benzene rings is 1. The number of fused-ring (bicyclic) bond motifs is 1. The van der Waals surface area contributed by atoms with Gasteiger partial charge in [-0.2, -0.15) is 0 Å². The molecule has 0 fully saturated rings. The van der Waals surface area contributed by atoms with Gasteiger partial charge in [0.1, 0.15) is 11.8 Å². The Morgan fingerprint density at radius 1 is 1.45 bits per heavy atom. The van der Waals surface area contributed by atoms with Crippen LogP contribution >= 0.6 is 0 Å². The van der Waals surface area contributed by atoms with E-state index in [0.29, 0.717) is 11.4 Å². The van der Waals surface area contributed by atoms with Gasteiger partial charge in [0, 0.05) is 6.04 Å². The van der Waals surface area contributed by atoms with Crippen molar-refractivity contribution >= 4 is 17.6 Å². The first-order valence-electron chi connectivity index (χ1n) is 6.41. The minimum atomic E-state index is -0.406. The Kier molecular flexibility index (Phi) is 4.24. The highest BCUT2D eigenvalue weighted by atomic mass is 16.5. The number of ether oxygens (including phenoxy) is 2. The fourth-order valence-corrected chi connectivity index (χ4v) is 2.09. The molecule has 0 spiro atoms. The van der Waals surface area contributed by atoms with Crippen LogP contribution < -0.4 is 15.4 Å². The van der Waals surface area contributed by atoms with Crippen molar-refractivity contribution in [3.05, 3.63) is 23.8 Å². The van der Waals surface area contributed by atoms with Crippen molar-refractivity contribution in [2.45, 2.75) is 25.9 Å². The minimum Gasteiger partial charge on any atom is -0.482 e. The molecule has 1 heterocycles. The quantitative estimate of drug-likeness (QED) is 0.810. The second-order valence-electron chi connectivity index (χ2n) is 4.73. The van der Waals surface area contributed by atoms with E-state index in [1.165, 1.54) is 7.11 Å². The standard InChI is InChI=1S/C14H18N2O4/c1-8(15-9(2)14(18)19-3)10-4-5-12-11(6-10)16-13(17)7-20-12/h4-6,8-9,15H,7H2,1-3H3,(H,16,17). The number of carbonyl (C=O) groups excluding carboxylic acids is 2. The Balaban J connectivity index is 2.11. The van der Waals surface area contributed by atoms with Crippen LogP contribution in [-0.2, 0) is 14.3 Å². The number of carbonyl (C=O) groups is 2. The number of methoxy groups -OCH3 is 1. The third kappa shape index (κ3) is 3.08. The Bertz CT molecular complexity index is 530. The fraction of sp³-hybridized carbons (Fsp3) is 0.429. The number of hydrogen-bond donors (Lipinski definition) is 2. The Morgan fingerprint density at radius 2 is 2.20 bits per heavy atom. The van der Waals surface area contributed by atoms with Gasteiger partial charge in [-0.1, -0.05) is 6.07 Å². The van der Waals surface area contributed by atoms with Crippen molar-refractivity contribution in [2.75, 3.05) is 19.0 Å². The average Bonchev–Trinajstić information content (AvgIpc) is 2.45. The molecule has 1 aromatic rings. The van der Waals surface area contributed by atoms with Gasteiger partial charge in [-0.25, -0.2) is 0 Å². The molecule has 1 amide bonds. The van der Waals surface area contributed by atoms with Crippen molar-refractivity contribution in [1.82, 2.24) is 5.32 Å². The molecule has 0 radical (unpaired) electrons. The lowest BCUT2D eigenvalue weighted by molar-refractivity contribution is -0.142. The molecule has 2 N–H and O–H groups in total. The number of anilines is 1. The van der Waals surface area contributed by atoms with Gasteiger partial charge in [-0.15, -0.1) is 0 Å². The largest absolute Gasteiger partial charge is 0.482 e. The first-order chi connectivity index (χ1) is 9.51. The summed E-state index contributed by atoms with van der Waals surface area (Å²) >= 11 is 0. The van der Waals surface area contributed by atoms with E-state index in [1.54, 1.807) is 6.92 Å². The molecule has 1 aromatic carbocycles. The van der Waals surface area contributed by atoms with Gasteiger partial charge in [-0.05, 0) is 31.5 Å². The van der Waals surface area contributed by atoms with Crippen LogP contribution in [0.5, 0.6) is 5.75 Å². The van der Waals surface area contributed by atoms with E-state index >= 15 is 0 Å². The first kappa shape index (κ1) is 14.3. The van der Waals surface area contributed by atoms with Crippen LogP contribution in [0.1, 0.15) is 25.5 Å². The highest BCUT2D eigenvalue weighted by Gasteiger charge is 2.20. The summed E-state index contributed by atoms with van der Waals surface area (Å²) in [4.78, 5) is 22.7. The first-order valence-corrected chi connectivity index (χ1v) is 6.41. The zero-order valence-electron chi connectivity index (χ0n) is 11.7. The van der Waals surface area contributed by atoms with E-state index in [0.717, 1.165) is 5.56 Å². The molecule has 1 aliphatic rings. The van der Waals surface area contributed by atoms with E-state index in [9.17, 15) is 9.59 Å². The number of esters is 1. The molecule has 6 nitrogen and oxygen atoms in total. The summed E-state index contributed by atoms with van der Waals surface area (Å²) in [7, 11) is 1.36. The van der Waals surface area contributed by atoms with Gasteiger partial charge in [-0.3, -0.25) is 14.9 Å². The fourth-order valence-electron chi connectivity index (χ4n) is 2.09. The summed E-state index contributed by atoms with van der Waals surface area (Å²) in [6, 6.07) is 5.09. The van der Waals surface area contributed by atoms with Crippen molar-refractivity contribution < 1.29 is 19.1 Å². The molecule has 2 atom stereocenters. The van der Waals surface area contributed by atoms with Crippen molar-refractivity contribution in [2.24, 2.45) is 0 Å². The lowest BCUT2D eigenvalue weighted by Crippen LogP contribution is -2.36. The lowest BCUT2D eigenvalue weighted by atomic mass is 10.1. The molecule has 20 heavy (non-hydrogen) atoms. The number of hydrogen-bond acceptors (Lipinski definition) is 5. The highest BCUT2D eigenvalue weighted by Crippen LogP contribution is 2.30. The maximum Gasteiger partial charge on any atom is 0.322 e. The summed E-state index contributed by atoms with van der Waals surface area (Å²) < 4.78 is 9.98. The van der Waals surface area contributed by atoms with Crippen LogP contribution in [0, 0.1) is 0 Å². The van der Waals surface area contributed by atoms with Crippen LogP contribution in [0.4, 0.5) is 5.69 Å². The van der Waals surface area contributed by atoms with Gasteiger partial charge in [0.15, 0.2) is 6.61 Å². The molecule has 0 saturated carbocycles. The van der Waals surface area contributed by atoms with Gasteiger partial charge < -0.3 is 14.8 Å². The molecule has 0 aliphatic carbocycles. The molecule has 0 aromatic heterocycles. The Morgan fingerprint density at radius 3 is 2.90 bits per heavy atom. The van der Waals surface area contributed by atoms with E-state index < -0.39 is 6.04 Å². The van der Waals surface area contributed by atoms with E-state index in [4.69, 9.17) is 4.74 Å². The predicted molar refractivity (Wildman–Crippen MR) is 73.6 cm³/mol. The summed E-state index contributed by atoms with van der Waals surface area (Å²) in [5.41, 5.74) is 1.60. The second kappa shape index (κ2) is 5.92. The normalized spacial score (nSPS) is 16.4. The smallest absolute Gasteiger partial charge is 0.322 e. The van der Waals surface area contributed by atoms with Gasteiger partial charge in [0.25, 0.3) is 5.91 Å². The molecule has 1 aliphatic heterocycles. The van der Waals surface area contributed by atoms with Crippen molar-refractivity contribution in [3.8, 4) is 5.75 Å². The molecule has 0 saturated heterocycles. The highest BCUT2D eigenvalue weighted by molar-refractivity contribution is 5.95. The van der Waals surface area contributed by atoms with E-state index in [2.05, 4.69) is 15.4 Å². The Labute approximate surface area is 117 Å². The molecule has 2 rings (SSSR count). The SMILES string of the molecule is COC(=O)C(C)NC(C)c1ccc2c(c1)NC(=O)CO2. The summed E-state index contributed by atoms with van der Waals surface area (Å²) in [5.74, 6) is 0.172. The van der Waals surface area contributed by atoms with Crippen LogP contribution in [0.15, 0.2) is 18.2 Å². The average molecular weight is 278 g/mol. The van der Waals surface area contributed by atoms with Crippen molar-refractivity contribution in [3.63, 3.8) is 0 Å². The second-order valence-corrected chi connectivity index (χ2v) is 4.73. The van der Waals surface area contributed by atoms with E-state index in [1.807, 2.05) is 25.1 Å². The number of nitrogens with one attached hydrogen (secondary N) is 2. The molecule has 2 unspecified atom stereocenters. The maximum absolute atomic E-state index is 11.4. The van der Waals surface area contributed by atoms with Gasteiger partial charge >= 0.3 is 5.97 Å². The summed E-state index contributed by atoms with van der Waals surface area (Å²) in [6.07, 6.45) is 0. The van der Waals surface area contributed by atoms with Crippen LogP contribution in [-0.4, -0.2) is 31.6 Å². The zero-order valence-corrected chi connectivity index (χ0v) is 11.7. The molecular weight excluding hydrogens is 260 g/mol. The minimum absolute atomic E-state index is 0.0412. The Hall–Kier alpha value is -2.08.